The molecule has 0 radical (unpaired) electrons. The number of carbonyl (C=O) groups is 1. The molecule has 1 aromatic carbocycles. The van der Waals surface area contributed by atoms with Crippen LogP contribution < -0.4 is 0 Å². The molecule has 28 heavy (non-hydrogen) atoms. The molecule has 0 bridgehead atoms. The fourth-order valence-corrected chi connectivity index (χ4v) is 5.64. The molecule has 1 amide bonds. The van der Waals surface area contributed by atoms with Gasteiger partial charge in [-0.25, -0.2) is 8.42 Å². The molecule has 0 spiro atoms. The van der Waals surface area contributed by atoms with Gasteiger partial charge in [-0.3, -0.25) is 9.48 Å². The van der Waals surface area contributed by atoms with Gasteiger partial charge in [0.2, 0.25) is 0 Å². The average Bonchev–Trinajstić information content (AvgIpc) is 3.32. The molecule has 1 aliphatic heterocycles. The van der Waals surface area contributed by atoms with E-state index in [4.69, 9.17) is 0 Å². The predicted octanol–water partition coefficient (Wildman–Crippen LogP) is 2.61. The smallest absolute Gasteiger partial charge is 0.270 e. The lowest BCUT2D eigenvalue weighted by molar-refractivity contribution is 0.0780. The van der Waals surface area contributed by atoms with E-state index in [1.54, 1.807) is 11.9 Å². The van der Waals surface area contributed by atoms with Gasteiger partial charge in [0.15, 0.2) is 9.84 Å². The number of aromatic amines is 1. The number of aromatic nitrogens is 3. The SMILES string of the molecule is Cc1nn([C@H]2CCS(=O)(=O)C2)c(C)c1CN(C)C(=O)c1cc2ccccc2[nH]1. The summed E-state index contributed by atoms with van der Waals surface area (Å²) in [5.41, 5.74) is 4.21. The molecule has 0 unspecified atom stereocenters. The molecule has 0 saturated carbocycles. The number of rotatable bonds is 4. The number of fused-ring (bicyclic) bond motifs is 1. The molecule has 1 fully saturated rings. The summed E-state index contributed by atoms with van der Waals surface area (Å²) in [6.07, 6.45) is 0.591. The minimum atomic E-state index is -2.98. The lowest BCUT2D eigenvalue weighted by atomic mass is 10.1. The van der Waals surface area contributed by atoms with Crippen LogP contribution in [-0.2, 0) is 16.4 Å². The molecule has 1 N–H and O–H groups in total. The highest BCUT2D eigenvalue weighted by molar-refractivity contribution is 7.91. The molecule has 1 saturated heterocycles. The Morgan fingerprint density at radius 3 is 2.75 bits per heavy atom. The zero-order chi connectivity index (χ0) is 20.1. The van der Waals surface area contributed by atoms with E-state index in [-0.39, 0.29) is 23.5 Å². The fourth-order valence-electron chi connectivity index (χ4n) is 3.95. The number of sulfone groups is 1. The Hall–Kier alpha value is -2.61. The summed E-state index contributed by atoms with van der Waals surface area (Å²) in [5, 5.41) is 5.59. The van der Waals surface area contributed by atoms with Gasteiger partial charge in [0.05, 0.1) is 23.2 Å². The van der Waals surface area contributed by atoms with Crippen LogP contribution in [0.4, 0.5) is 0 Å². The van der Waals surface area contributed by atoms with Crippen molar-refractivity contribution in [2.24, 2.45) is 0 Å². The Morgan fingerprint density at radius 1 is 1.32 bits per heavy atom. The Bertz CT molecular complexity index is 1130. The monoisotopic (exact) mass is 400 g/mol. The number of H-pyrrole nitrogens is 1. The summed E-state index contributed by atoms with van der Waals surface area (Å²) in [6, 6.07) is 9.53. The molecule has 0 aliphatic carbocycles. The summed E-state index contributed by atoms with van der Waals surface area (Å²) in [7, 11) is -1.21. The first kappa shape index (κ1) is 18.7. The minimum Gasteiger partial charge on any atom is -0.351 e. The van der Waals surface area contributed by atoms with E-state index in [9.17, 15) is 13.2 Å². The van der Waals surface area contributed by atoms with Crippen molar-refractivity contribution >= 4 is 26.6 Å². The first-order valence-corrected chi connectivity index (χ1v) is 11.2. The zero-order valence-corrected chi connectivity index (χ0v) is 17.1. The minimum absolute atomic E-state index is 0.0915. The van der Waals surface area contributed by atoms with Crippen LogP contribution in [0, 0.1) is 13.8 Å². The first-order valence-electron chi connectivity index (χ1n) is 9.33. The summed E-state index contributed by atoms with van der Waals surface area (Å²) in [6.45, 7) is 4.27. The van der Waals surface area contributed by atoms with Gasteiger partial charge in [0.1, 0.15) is 5.69 Å². The molecular formula is C20H24N4O3S. The van der Waals surface area contributed by atoms with E-state index in [1.165, 1.54) is 0 Å². The standard InChI is InChI=1S/C20H24N4O3S/c1-13-17(14(2)24(22-13)16-8-9-28(26,27)12-16)11-23(3)20(25)19-10-15-6-4-5-7-18(15)21-19/h4-7,10,16,21H,8-9,11-12H2,1-3H3/t16-/m0/s1. The first-order chi connectivity index (χ1) is 13.2. The number of hydrogen-bond donors (Lipinski definition) is 1. The van der Waals surface area contributed by atoms with E-state index >= 15 is 0 Å². The van der Waals surface area contributed by atoms with Crippen LogP contribution in [0.1, 0.15) is 39.9 Å². The van der Waals surface area contributed by atoms with Gasteiger partial charge in [-0.2, -0.15) is 5.10 Å². The van der Waals surface area contributed by atoms with Crippen molar-refractivity contribution < 1.29 is 13.2 Å². The second-order valence-corrected chi connectivity index (χ2v) is 9.81. The maximum absolute atomic E-state index is 12.9. The summed E-state index contributed by atoms with van der Waals surface area (Å²) in [4.78, 5) is 17.7. The van der Waals surface area contributed by atoms with E-state index in [0.29, 0.717) is 18.7 Å². The fraction of sp³-hybridized carbons (Fsp3) is 0.400. The number of carbonyl (C=O) groups excluding carboxylic acids is 1. The largest absolute Gasteiger partial charge is 0.351 e. The van der Waals surface area contributed by atoms with Crippen molar-refractivity contribution in [3.63, 3.8) is 0 Å². The van der Waals surface area contributed by atoms with Gasteiger partial charge >= 0.3 is 0 Å². The van der Waals surface area contributed by atoms with Crippen LogP contribution in [0.5, 0.6) is 0 Å². The number of amides is 1. The van der Waals surface area contributed by atoms with Gasteiger partial charge < -0.3 is 9.88 Å². The van der Waals surface area contributed by atoms with Crippen LogP contribution in [0.15, 0.2) is 30.3 Å². The highest BCUT2D eigenvalue weighted by Gasteiger charge is 2.31. The Kier molecular flexibility index (Phi) is 4.53. The summed E-state index contributed by atoms with van der Waals surface area (Å²) >= 11 is 0. The van der Waals surface area contributed by atoms with Crippen molar-refractivity contribution in [2.75, 3.05) is 18.6 Å². The predicted molar refractivity (Wildman–Crippen MR) is 108 cm³/mol. The third kappa shape index (κ3) is 3.32. The topological polar surface area (TPSA) is 88.1 Å². The quantitative estimate of drug-likeness (QED) is 0.729. The molecule has 148 valence electrons. The van der Waals surface area contributed by atoms with Crippen LogP contribution in [0.2, 0.25) is 0 Å². The molecule has 4 rings (SSSR count). The van der Waals surface area contributed by atoms with E-state index in [0.717, 1.165) is 27.9 Å². The number of nitrogens with one attached hydrogen (secondary N) is 1. The van der Waals surface area contributed by atoms with Gasteiger partial charge in [-0.1, -0.05) is 18.2 Å². The van der Waals surface area contributed by atoms with E-state index in [2.05, 4.69) is 10.1 Å². The molecule has 3 aromatic rings. The highest BCUT2D eigenvalue weighted by Crippen LogP contribution is 2.27. The molecular weight excluding hydrogens is 376 g/mol. The summed E-state index contributed by atoms with van der Waals surface area (Å²) in [5.74, 6) is 0.258. The number of hydrogen-bond acceptors (Lipinski definition) is 4. The lowest BCUT2D eigenvalue weighted by Crippen LogP contribution is -2.27. The third-order valence-electron chi connectivity index (χ3n) is 5.53. The third-order valence-corrected chi connectivity index (χ3v) is 7.28. The molecule has 8 heteroatoms. The normalized spacial score (nSPS) is 18.6. The van der Waals surface area contributed by atoms with Crippen LogP contribution in [0.25, 0.3) is 10.9 Å². The van der Waals surface area contributed by atoms with Crippen LogP contribution >= 0.6 is 0 Å². The van der Waals surface area contributed by atoms with E-state index < -0.39 is 9.84 Å². The maximum atomic E-state index is 12.9. The second-order valence-electron chi connectivity index (χ2n) is 7.58. The Balaban J connectivity index is 1.56. The van der Waals surface area contributed by atoms with Crippen molar-refractivity contribution in [1.29, 1.82) is 0 Å². The van der Waals surface area contributed by atoms with Crippen molar-refractivity contribution in [2.45, 2.75) is 32.9 Å². The summed E-state index contributed by atoms with van der Waals surface area (Å²) < 4.78 is 25.5. The number of nitrogens with zero attached hydrogens (tertiary/aromatic N) is 3. The van der Waals surface area contributed by atoms with E-state index in [1.807, 2.05) is 48.9 Å². The molecule has 3 heterocycles. The number of benzene rings is 1. The Morgan fingerprint density at radius 2 is 2.07 bits per heavy atom. The van der Waals surface area contributed by atoms with Crippen molar-refractivity contribution in [3.05, 3.63) is 53.0 Å². The van der Waals surface area contributed by atoms with Crippen molar-refractivity contribution in [1.82, 2.24) is 19.7 Å². The maximum Gasteiger partial charge on any atom is 0.270 e. The zero-order valence-electron chi connectivity index (χ0n) is 16.3. The van der Waals surface area contributed by atoms with Crippen LogP contribution in [-0.4, -0.2) is 52.5 Å². The molecule has 1 aliphatic rings. The number of para-hydroxylation sites is 1. The lowest BCUT2D eigenvalue weighted by Gasteiger charge is -2.17. The van der Waals surface area contributed by atoms with Gasteiger partial charge in [0.25, 0.3) is 5.91 Å². The molecule has 2 aromatic heterocycles. The van der Waals surface area contributed by atoms with Gasteiger partial charge in [-0.05, 0) is 32.4 Å². The Labute approximate surface area is 164 Å². The molecule has 7 nitrogen and oxygen atoms in total. The van der Waals surface area contributed by atoms with Gasteiger partial charge in [-0.15, -0.1) is 0 Å². The molecule has 1 atom stereocenters. The van der Waals surface area contributed by atoms with Gasteiger partial charge in [0, 0.05) is 35.8 Å². The average molecular weight is 401 g/mol. The highest BCUT2D eigenvalue weighted by atomic mass is 32.2. The van der Waals surface area contributed by atoms with Crippen LogP contribution in [0.3, 0.4) is 0 Å². The number of aryl methyl sites for hydroxylation is 1. The van der Waals surface area contributed by atoms with Crippen molar-refractivity contribution in [3.8, 4) is 0 Å². The second kappa shape index (κ2) is 6.77.